The topological polar surface area (TPSA) is 55.8 Å². The van der Waals surface area contributed by atoms with E-state index in [0.717, 1.165) is 13.4 Å². The molecule has 0 heterocycles. The molecule has 0 amide bonds. The molecule has 0 aliphatic rings. The number of esters is 1. The summed E-state index contributed by atoms with van der Waals surface area (Å²) in [5.74, 6) is -0.0391. The first kappa shape index (κ1) is 20.6. The van der Waals surface area contributed by atoms with Gasteiger partial charge >= 0.3 is 5.97 Å². The molecule has 0 aliphatic carbocycles. The number of benzene rings is 1. The highest BCUT2D eigenvalue weighted by atomic mass is 79.9. The van der Waals surface area contributed by atoms with Crippen molar-refractivity contribution in [1.29, 1.82) is 0 Å². The van der Waals surface area contributed by atoms with E-state index < -0.39 is 12.1 Å². The Kier molecular flexibility index (Phi) is 8.60. The minimum Gasteiger partial charge on any atom is -0.488 e. The second-order valence-electron chi connectivity index (χ2n) is 4.24. The van der Waals surface area contributed by atoms with E-state index in [2.05, 4.69) is 86.2 Å². The fraction of sp³-hybridized carbons (Fsp3) is 0.308. The third-order valence-corrected chi connectivity index (χ3v) is 8.37. The average Bonchev–Trinajstić information content (AvgIpc) is 2.48. The maximum atomic E-state index is 11.3. The highest BCUT2D eigenvalue weighted by molar-refractivity contribution is 9.15. The minimum atomic E-state index is -0.955. The molecule has 22 heavy (non-hydrogen) atoms. The lowest BCUT2D eigenvalue weighted by molar-refractivity contribution is -0.142. The summed E-state index contributed by atoms with van der Waals surface area (Å²) in [5, 5.41) is 9.82. The smallest absolute Gasteiger partial charge is 0.333 e. The van der Waals surface area contributed by atoms with Gasteiger partial charge in [-0.1, -0.05) is 6.58 Å². The van der Waals surface area contributed by atoms with Gasteiger partial charge in [-0.2, -0.15) is 0 Å². The molecule has 1 atom stereocenters. The Bertz CT molecular complexity index is 574. The molecule has 1 N–H and O–H groups in total. The second kappa shape index (κ2) is 9.17. The molecule has 0 bridgehead atoms. The zero-order valence-corrected chi connectivity index (χ0v) is 19.2. The standard InChI is InChI=1S/C13H11Br5O4/c1-5(2)13(20)22-4-6(19)3-21-12-10(17)8(15)7(14)9(16)11(12)18/h6,19H,1,3-4H2,2H3. The first-order valence-electron chi connectivity index (χ1n) is 5.81. The highest BCUT2D eigenvalue weighted by Crippen LogP contribution is 2.48. The largest absolute Gasteiger partial charge is 0.488 e. The lowest BCUT2D eigenvalue weighted by Crippen LogP contribution is -2.25. The summed E-state index contributed by atoms with van der Waals surface area (Å²) in [6.07, 6.45) is -0.955. The first-order chi connectivity index (χ1) is 10.2. The van der Waals surface area contributed by atoms with Crippen LogP contribution in [0.3, 0.4) is 0 Å². The van der Waals surface area contributed by atoms with Crippen LogP contribution in [0.1, 0.15) is 6.92 Å². The SMILES string of the molecule is C=C(C)C(=O)OCC(O)COc1c(Br)c(Br)c(Br)c(Br)c1Br. The van der Waals surface area contributed by atoms with Crippen LogP contribution in [0.15, 0.2) is 34.5 Å². The quantitative estimate of drug-likeness (QED) is 0.199. The maximum absolute atomic E-state index is 11.3. The molecular formula is C13H11Br5O4. The van der Waals surface area contributed by atoms with Crippen LogP contribution < -0.4 is 4.74 Å². The van der Waals surface area contributed by atoms with Crippen molar-refractivity contribution in [2.75, 3.05) is 13.2 Å². The number of ether oxygens (including phenoxy) is 2. The summed E-state index contributed by atoms with van der Waals surface area (Å²) < 4.78 is 14.2. The van der Waals surface area contributed by atoms with Gasteiger partial charge in [-0.25, -0.2) is 4.79 Å². The number of carbonyl (C=O) groups is 1. The van der Waals surface area contributed by atoms with Crippen molar-refractivity contribution in [1.82, 2.24) is 0 Å². The van der Waals surface area contributed by atoms with Gasteiger partial charge in [0.05, 0.1) is 17.9 Å². The first-order valence-corrected chi connectivity index (χ1v) is 9.78. The predicted molar refractivity (Wildman–Crippen MR) is 102 cm³/mol. The van der Waals surface area contributed by atoms with Gasteiger partial charge in [0.1, 0.15) is 25.1 Å². The predicted octanol–water partition coefficient (Wildman–Crippen LogP) is 5.36. The molecule has 0 fully saturated rings. The summed E-state index contributed by atoms with van der Waals surface area (Å²) in [5.41, 5.74) is 0.277. The molecule has 0 saturated heterocycles. The van der Waals surface area contributed by atoms with Crippen LogP contribution in [-0.2, 0) is 9.53 Å². The summed E-state index contributed by atoms with van der Waals surface area (Å²) in [6.45, 7) is 4.79. The van der Waals surface area contributed by atoms with E-state index in [9.17, 15) is 9.90 Å². The Morgan fingerprint density at radius 2 is 1.50 bits per heavy atom. The molecule has 1 aromatic carbocycles. The van der Waals surface area contributed by atoms with Crippen LogP contribution >= 0.6 is 79.6 Å². The third kappa shape index (κ3) is 5.31. The fourth-order valence-corrected chi connectivity index (χ4v) is 4.47. The monoisotopic (exact) mass is 626 g/mol. The Balaban J connectivity index is 2.73. The average molecular weight is 631 g/mol. The van der Waals surface area contributed by atoms with Crippen molar-refractivity contribution in [3.8, 4) is 5.75 Å². The van der Waals surface area contributed by atoms with Crippen LogP contribution in [0, 0.1) is 0 Å². The van der Waals surface area contributed by atoms with Crippen molar-refractivity contribution < 1.29 is 19.4 Å². The zero-order valence-electron chi connectivity index (χ0n) is 11.3. The molecule has 0 radical (unpaired) electrons. The molecule has 0 aliphatic heterocycles. The van der Waals surface area contributed by atoms with E-state index in [4.69, 9.17) is 9.47 Å². The molecule has 122 valence electrons. The van der Waals surface area contributed by atoms with Gasteiger partial charge < -0.3 is 14.6 Å². The lowest BCUT2D eigenvalue weighted by atomic mass is 10.3. The number of hydrogen-bond acceptors (Lipinski definition) is 4. The molecule has 0 saturated carbocycles. The van der Waals surface area contributed by atoms with Gasteiger partial charge in [-0.3, -0.25) is 0 Å². The Labute approximate surface area is 170 Å². The van der Waals surface area contributed by atoms with Crippen LogP contribution in [0.25, 0.3) is 0 Å². The van der Waals surface area contributed by atoms with E-state index in [1.807, 2.05) is 0 Å². The molecule has 0 spiro atoms. The summed E-state index contributed by atoms with van der Waals surface area (Å²) in [4.78, 5) is 11.3. The minimum absolute atomic E-state index is 0.0405. The van der Waals surface area contributed by atoms with Crippen LogP contribution in [0.5, 0.6) is 5.75 Å². The Morgan fingerprint density at radius 3 is 1.95 bits per heavy atom. The highest BCUT2D eigenvalue weighted by Gasteiger charge is 2.20. The van der Waals surface area contributed by atoms with Gasteiger partial charge in [0, 0.05) is 10.0 Å². The molecule has 9 heteroatoms. The number of rotatable bonds is 6. The Morgan fingerprint density at radius 1 is 1.05 bits per heavy atom. The van der Waals surface area contributed by atoms with Gasteiger partial charge in [0.2, 0.25) is 0 Å². The summed E-state index contributed by atoms with van der Waals surface area (Å²) >= 11 is 17.1. The number of aliphatic hydroxyl groups is 1. The van der Waals surface area contributed by atoms with Crippen molar-refractivity contribution >= 4 is 85.6 Å². The molecule has 1 rings (SSSR count). The van der Waals surface area contributed by atoms with E-state index in [0.29, 0.717) is 14.7 Å². The van der Waals surface area contributed by atoms with Crippen molar-refractivity contribution in [3.05, 3.63) is 34.5 Å². The molecule has 4 nitrogen and oxygen atoms in total. The summed E-state index contributed by atoms with van der Waals surface area (Å²) in [6, 6.07) is 0. The molecular weight excluding hydrogens is 620 g/mol. The number of aliphatic hydroxyl groups excluding tert-OH is 1. The van der Waals surface area contributed by atoms with Crippen LogP contribution in [0.2, 0.25) is 0 Å². The van der Waals surface area contributed by atoms with Crippen molar-refractivity contribution in [3.63, 3.8) is 0 Å². The van der Waals surface area contributed by atoms with E-state index in [1.165, 1.54) is 6.92 Å². The van der Waals surface area contributed by atoms with Crippen molar-refractivity contribution in [2.45, 2.75) is 13.0 Å². The number of halogens is 5. The van der Waals surface area contributed by atoms with E-state index >= 15 is 0 Å². The molecule has 1 aromatic rings. The summed E-state index contributed by atoms with van der Waals surface area (Å²) in [7, 11) is 0. The van der Waals surface area contributed by atoms with E-state index in [1.54, 1.807) is 0 Å². The van der Waals surface area contributed by atoms with Crippen LogP contribution in [-0.4, -0.2) is 30.4 Å². The van der Waals surface area contributed by atoms with Gasteiger partial charge in [-0.15, -0.1) is 0 Å². The number of hydrogen-bond donors (Lipinski definition) is 1. The number of carbonyl (C=O) groups excluding carboxylic acids is 1. The third-order valence-electron chi connectivity index (χ3n) is 2.34. The van der Waals surface area contributed by atoms with E-state index in [-0.39, 0.29) is 18.8 Å². The molecule has 1 unspecified atom stereocenters. The maximum Gasteiger partial charge on any atom is 0.333 e. The second-order valence-corrected chi connectivity index (χ2v) is 8.21. The molecule has 0 aromatic heterocycles. The Hall–Kier alpha value is 0.590. The normalized spacial score (nSPS) is 12.0. The fourth-order valence-electron chi connectivity index (χ4n) is 1.23. The van der Waals surface area contributed by atoms with Crippen LogP contribution in [0.4, 0.5) is 0 Å². The zero-order chi connectivity index (χ0) is 17.0. The van der Waals surface area contributed by atoms with Gasteiger partial charge in [0.15, 0.2) is 0 Å². The van der Waals surface area contributed by atoms with Gasteiger partial charge in [-0.05, 0) is 86.6 Å². The van der Waals surface area contributed by atoms with Crippen molar-refractivity contribution in [2.24, 2.45) is 0 Å². The van der Waals surface area contributed by atoms with Gasteiger partial charge in [0.25, 0.3) is 0 Å². The lowest BCUT2D eigenvalue weighted by Gasteiger charge is -2.17.